The van der Waals surface area contributed by atoms with Gasteiger partial charge in [-0.3, -0.25) is 4.90 Å². The molecule has 1 fully saturated rings. The summed E-state index contributed by atoms with van der Waals surface area (Å²) in [6.45, 7) is 3.29. The van der Waals surface area contributed by atoms with Crippen molar-refractivity contribution in [2.24, 2.45) is 0 Å². The van der Waals surface area contributed by atoms with Gasteiger partial charge in [0.15, 0.2) is 10.3 Å². The highest BCUT2D eigenvalue weighted by Gasteiger charge is 2.20. The lowest BCUT2D eigenvalue weighted by Gasteiger charge is -2.32. The third kappa shape index (κ3) is 4.58. The number of thiazole rings is 2. The van der Waals surface area contributed by atoms with Gasteiger partial charge in [0.25, 0.3) is 0 Å². The topological polar surface area (TPSA) is 53.1 Å². The van der Waals surface area contributed by atoms with E-state index in [1.807, 2.05) is 11.6 Å². The van der Waals surface area contributed by atoms with E-state index in [9.17, 15) is 0 Å². The van der Waals surface area contributed by atoms with Gasteiger partial charge >= 0.3 is 0 Å². The van der Waals surface area contributed by atoms with Crippen molar-refractivity contribution in [3.63, 3.8) is 0 Å². The summed E-state index contributed by atoms with van der Waals surface area (Å²) >= 11 is 3.33. The van der Waals surface area contributed by atoms with E-state index in [0.29, 0.717) is 6.04 Å². The van der Waals surface area contributed by atoms with Crippen LogP contribution in [0.2, 0.25) is 0 Å². The minimum Gasteiger partial charge on any atom is -0.359 e. The maximum absolute atomic E-state index is 4.78. The first-order chi connectivity index (χ1) is 14.3. The zero-order chi connectivity index (χ0) is 19.5. The van der Waals surface area contributed by atoms with Gasteiger partial charge in [-0.1, -0.05) is 41.7 Å². The second-order valence-corrected chi connectivity index (χ2v) is 9.27. The number of likely N-dealkylation sites (tertiary alicyclic amines) is 1. The van der Waals surface area contributed by atoms with Crippen molar-refractivity contribution in [2.75, 3.05) is 23.7 Å². The summed E-state index contributed by atoms with van der Waals surface area (Å²) in [5, 5.41) is 10.9. The molecular formula is C22H23N5S2. The van der Waals surface area contributed by atoms with E-state index in [1.54, 1.807) is 22.7 Å². The molecule has 0 radical (unpaired) electrons. The van der Waals surface area contributed by atoms with Gasteiger partial charge in [0, 0.05) is 42.9 Å². The van der Waals surface area contributed by atoms with Crippen LogP contribution < -0.4 is 10.6 Å². The van der Waals surface area contributed by atoms with Gasteiger partial charge in [-0.05, 0) is 36.6 Å². The molecule has 0 amide bonds. The molecule has 1 aliphatic heterocycles. The fourth-order valence-corrected chi connectivity index (χ4v) is 5.26. The average molecular weight is 422 g/mol. The lowest BCUT2D eigenvalue weighted by atomic mass is 10.0. The Bertz CT molecular complexity index is 1050. The molecular weight excluding hydrogens is 398 g/mol. The molecule has 0 atom stereocenters. The standard InChI is InChI=1S/C22H23N5S2/c1-2-4-16(5-3-1)15-27-11-8-17(9-12-27)24-22-26-19-7-6-18(14-20(19)29-22)25-21-23-10-13-28-21/h1-7,10,13-14,17H,8-9,11-12,15H2,(H,23,25)(H,24,26). The second kappa shape index (κ2) is 8.49. The van der Waals surface area contributed by atoms with Crippen LogP contribution in [0.15, 0.2) is 60.1 Å². The molecule has 5 nitrogen and oxygen atoms in total. The first-order valence-corrected chi connectivity index (χ1v) is 11.6. The van der Waals surface area contributed by atoms with Gasteiger partial charge in [-0.15, -0.1) is 11.3 Å². The van der Waals surface area contributed by atoms with E-state index in [0.717, 1.165) is 53.9 Å². The van der Waals surface area contributed by atoms with Crippen molar-refractivity contribution in [2.45, 2.75) is 25.4 Å². The molecule has 3 heterocycles. The molecule has 1 aliphatic rings. The highest BCUT2D eigenvalue weighted by molar-refractivity contribution is 7.22. The Balaban J connectivity index is 1.18. The monoisotopic (exact) mass is 421 g/mol. The Morgan fingerprint density at radius 1 is 1.03 bits per heavy atom. The minimum absolute atomic E-state index is 0.496. The fraction of sp³-hybridized carbons (Fsp3) is 0.273. The van der Waals surface area contributed by atoms with Crippen molar-refractivity contribution in [1.29, 1.82) is 0 Å². The fourth-order valence-electron chi connectivity index (χ4n) is 3.72. The van der Waals surface area contributed by atoms with Crippen LogP contribution in [0.5, 0.6) is 0 Å². The number of nitrogens with one attached hydrogen (secondary N) is 2. The van der Waals surface area contributed by atoms with Gasteiger partial charge in [0.1, 0.15) is 0 Å². The summed E-state index contributed by atoms with van der Waals surface area (Å²) < 4.78 is 1.19. The van der Waals surface area contributed by atoms with Gasteiger partial charge in [0.2, 0.25) is 0 Å². The van der Waals surface area contributed by atoms with Gasteiger partial charge in [-0.25, -0.2) is 9.97 Å². The summed E-state index contributed by atoms with van der Waals surface area (Å²) in [6.07, 6.45) is 4.12. The van der Waals surface area contributed by atoms with E-state index >= 15 is 0 Å². The molecule has 2 aromatic carbocycles. The molecule has 4 aromatic rings. The molecule has 1 saturated heterocycles. The Morgan fingerprint density at radius 3 is 2.69 bits per heavy atom. The number of aromatic nitrogens is 2. The smallest absolute Gasteiger partial charge is 0.187 e. The second-order valence-electron chi connectivity index (χ2n) is 7.34. The molecule has 0 saturated carbocycles. The largest absolute Gasteiger partial charge is 0.359 e. The van der Waals surface area contributed by atoms with E-state index in [4.69, 9.17) is 4.98 Å². The zero-order valence-corrected chi connectivity index (χ0v) is 17.7. The highest BCUT2D eigenvalue weighted by Crippen LogP contribution is 2.31. The predicted octanol–water partition coefficient (Wildman–Crippen LogP) is 5.57. The zero-order valence-electron chi connectivity index (χ0n) is 16.0. The van der Waals surface area contributed by atoms with E-state index in [-0.39, 0.29) is 0 Å². The molecule has 29 heavy (non-hydrogen) atoms. The number of rotatable bonds is 6. The van der Waals surface area contributed by atoms with Crippen molar-refractivity contribution >= 4 is 48.8 Å². The Kier molecular flexibility index (Phi) is 5.43. The first-order valence-electron chi connectivity index (χ1n) is 9.92. The van der Waals surface area contributed by atoms with Crippen molar-refractivity contribution in [3.8, 4) is 0 Å². The van der Waals surface area contributed by atoms with Crippen molar-refractivity contribution in [1.82, 2.24) is 14.9 Å². The lowest BCUT2D eigenvalue weighted by molar-refractivity contribution is 0.211. The molecule has 0 aliphatic carbocycles. The van der Waals surface area contributed by atoms with Gasteiger partial charge < -0.3 is 10.6 Å². The Morgan fingerprint density at radius 2 is 1.90 bits per heavy atom. The lowest BCUT2D eigenvalue weighted by Crippen LogP contribution is -2.38. The normalized spacial score (nSPS) is 15.6. The van der Waals surface area contributed by atoms with Crippen LogP contribution in [0.3, 0.4) is 0 Å². The molecule has 0 unspecified atom stereocenters. The van der Waals surface area contributed by atoms with Crippen LogP contribution in [-0.2, 0) is 6.54 Å². The average Bonchev–Trinajstić information content (AvgIpc) is 3.39. The molecule has 0 spiro atoms. The molecule has 148 valence electrons. The third-order valence-corrected chi connectivity index (χ3v) is 6.87. The van der Waals surface area contributed by atoms with E-state index in [1.165, 1.54) is 10.3 Å². The number of hydrogen-bond donors (Lipinski definition) is 2. The first kappa shape index (κ1) is 18.5. The Hall–Kier alpha value is -2.48. The van der Waals surface area contributed by atoms with Gasteiger partial charge in [0.05, 0.1) is 10.2 Å². The molecule has 2 N–H and O–H groups in total. The maximum atomic E-state index is 4.78. The molecule has 5 rings (SSSR count). The van der Waals surface area contributed by atoms with Crippen LogP contribution in [0.1, 0.15) is 18.4 Å². The minimum atomic E-state index is 0.496. The number of piperidine rings is 1. The summed E-state index contributed by atoms with van der Waals surface area (Å²) in [7, 11) is 0. The molecule has 0 bridgehead atoms. The quantitative estimate of drug-likeness (QED) is 0.426. The van der Waals surface area contributed by atoms with Gasteiger partial charge in [-0.2, -0.15) is 0 Å². The number of nitrogens with zero attached hydrogens (tertiary/aromatic N) is 3. The maximum Gasteiger partial charge on any atom is 0.187 e. The van der Waals surface area contributed by atoms with Crippen LogP contribution in [0.4, 0.5) is 16.0 Å². The highest BCUT2D eigenvalue weighted by atomic mass is 32.1. The Labute approximate surface area is 178 Å². The number of benzene rings is 2. The van der Waals surface area contributed by atoms with E-state index < -0.39 is 0 Å². The summed E-state index contributed by atoms with van der Waals surface area (Å²) in [6, 6.07) is 17.5. The SMILES string of the molecule is c1ccc(CN2CCC(Nc3nc4ccc(Nc5nccs5)cc4s3)CC2)cc1. The number of fused-ring (bicyclic) bond motifs is 1. The predicted molar refractivity (Wildman–Crippen MR) is 123 cm³/mol. The van der Waals surface area contributed by atoms with Crippen LogP contribution in [0, 0.1) is 0 Å². The number of anilines is 3. The van der Waals surface area contributed by atoms with Crippen LogP contribution in [0.25, 0.3) is 10.2 Å². The summed E-state index contributed by atoms with van der Waals surface area (Å²) in [5.74, 6) is 0. The van der Waals surface area contributed by atoms with Crippen LogP contribution in [-0.4, -0.2) is 34.0 Å². The third-order valence-electron chi connectivity index (χ3n) is 5.24. The van der Waals surface area contributed by atoms with E-state index in [2.05, 4.69) is 69.0 Å². The van der Waals surface area contributed by atoms with Crippen LogP contribution >= 0.6 is 22.7 Å². The summed E-state index contributed by atoms with van der Waals surface area (Å²) in [4.78, 5) is 11.6. The summed E-state index contributed by atoms with van der Waals surface area (Å²) in [5.41, 5.74) is 3.49. The number of hydrogen-bond acceptors (Lipinski definition) is 7. The molecule has 7 heteroatoms. The van der Waals surface area contributed by atoms with Crippen molar-refractivity contribution < 1.29 is 0 Å². The molecule has 2 aromatic heterocycles. The van der Waals surface area contributed by atoms with Crippen molar-refractivity contribution in [3.05, 3.63) is 65.7 Å².